The topological polar surface area (TPSA) is 27.0 Å². The van der Waals surface area contributed by atoms with Crippen LogP contribution >= 0.6 is 0 Å². The van der Waals surface area contributed by atoms with Crippen LogP contribution in [0.4, 0.5) is 0 Å². The smallest absolute Gasteiger partial charge is 0.0621 e. The van der Waals surface area contributed by atoms with Crippen molar-refractivity contribution in [3.8, 4) is 6.07 Å². The second-order valence-corrected chi connectivity index (χ2v) is 4.64. The molecular weight excluding hydrogens is 172 g/mol. The predicted molar refractivity (Wildman–Crippen MR) is 58.9 cm³/mol. The second kappa shape index (κ2) is 6.03. The highest BCUT2D eigenvalue weighted by molar-refractivity contribution is 4.76. The lowest BCUT2D eigenvalue weighted by Crippen LogP contribution is -2.40. The summed E-state index contributed by atoms with van der Waals surface area (Å²) in [5, 5.41) is 8.47. The van der Waals surface area contributed by atoms with E-state index in [1.54, 1.807) is 0 Å². The van der Waals surface area contributed by atoms with Gasteiger partial charge in [0.05, 0.1) is 6.07 Å². The number of nitriles is 1. The minimum Gasteiger partial charge on any atom is -0.300 e. The van der Waals surface area contributed by atoms with Gasteiger partial charge < -0.3 is 4.90 Å². The van der Waals surface area contributed by atoms with Gasteiger partial charge in [0.25, 0.3) is 0 Å². The number of hydrogen-bond acceptors (Lipinski definition) is 2. The average Bonchev–Trinajstić information content (AvgIpc) is 2.18. The lowest BCUT2D eigenvalue weighted by Gasteiger charge is -2.35. The fourth-order valence-corrected chi connectivity index (χ4v) is 2.29. The Labute approximate surface area is 87.9 Å². The Balaban J connectivity index is 2.22. The maximum atomic E-state index is 8.47. The minimum atomic E-state index is 0.672. The predicted octanol–water partition coefficient (Wildman–Crippen LogP) is 2.80. The van der Waals surface area contributed by atoms with E-state index >= 15 is 0 Å². The first-order chi connectivity index (χ1) is 6.74. The van der Waals surface area contributed by atoms with Gasteiger partial charge >= 0.3 is 0 Å². The molecule has 0 bridgehead atoms. The van der Waals surface area contributed by atoms with Gasteiger partial charge in [-0.25, -0.2) is 0 Å². The zero-order chi connectivity index (χ0) is 10.4. The molecule has 2 atom stereocenters. The van der Waals surface area contributed by atoms with Gasteiger partial charge in [0, 0.05) is 19.0 Å². The normalized spacial score (nSPS) is 25.6. The van der Waals surface area contributed by atoms with Crippen LogP contribution in [0.3, 0.4) is 0 Å². The maximum absolute atomic E-state index is 8.47. The molecule has 14 heavy (non-hydrogen) atoms. The lowest BCUT2D eigenvalue weighted by molar-refractivity contribution is 0.132. The molecule has 0 N–H and O–H groups in total. The maximum Gasteiger partial charge on any atom is 0.0621 e. The fraction of sp³-hybridized carbons (Fsp3) is 0.917. The van der Waals surface area contributed by atoms with E-state index in [-0.39, 0.29) is 0 Å². The minimum absolute atomic E-state index is 0.672. The Morgan fingerprint density at radius 2 is 2.36 bits per heavy atom. The van der Waals surface area contributed by atoms with Crippen LogP contribution in [0, 0.1) is 17.2 Å². The van der Waals surface area contributed by atoms with Gasteiger partial charge in [-0.15, -0.1) is 0 Å². The summed E-state index contributed by atoms with van der Waals surface area (Å²) in [4.78, 5) is 2.59. The van der Waals surface area contributed by atoms with Crippen molar-refractivity contribution >= 4 is 0 Å². The fourth-order valence-electron chi connectivity index (χ4n) is 2.29. The molecule has 0 aromatic carbocycles. The Bertz CT molecular complexity index is 195. The number of piperidine rings is 1. The van der Waals surface area contributed by atoms with E-state index in [1.165, 1.54) is 32.4 Å². The van der Waals surface area contributed by atoms with Crippen LogP contribution in [-0.2, 0) is 0 Å². The standard InChI is InChI=1S/C12H22N2/c1-11-6-5-9-14(10-11)12(2)7-3-4-8-13/h11-12H,3-7,9-10H2,1-2H3. The van der Waals surface area contributed by atoms with E-state index in [1.807, 2.05) is 0 Å². The summed E-state index contributed by atoms with van der Waals surface area (Å²) < 4.78 is 0. The molecule has 0 aromatic heterocycles. The van der Waals surface area contributed by atoms with Gasteiger partial charge in [0.15, 0.2) is 0 Å². The summed E-state index contributed by atoms with van der Waals surface area (Å²) in [5.41, 5.74) is 0. The molecule has 2 heteroatoms. The molecule has 0 radical (unpaired) electrons. The van der Waals surface area contributed by atoms with Gasteiger partial charge in [-0.3, -0.25) is 0 Å². The summed E-state index contributed by atoms with van der Waals surface area (Å²) in [6.07, 6.45) is 5.70. The Hall–Kier alpha value is -0.550. The molecule has 1 aliphatic rings. The molecule has 0 aliphatic carbocycles. The monoisotopic (exact) mass is 194 g/mol. The largest absolute Gasteiger partial charge is 0.300 e. The van der Waals surface area contributed by atoms with Gasteiger partial charge in [0.1, 0.15) is 0 Å². The summed E-state index contributed by atoms with van der Waals surface area (Å²) in [5.74, 6) is 0.863. The van der Waals surface area contributed by atoms with Crippen molar-refractivity contribution < 1.29 is 0 Å². The van der Waals surface area contributed by atoms with Crippen LogP contribution in [0.1, 0.15) is 46.0 Å². The van der Waals surface area contributed by atoms with Crippen LogP contribution in [0.2, 0.25) is 0 Å². The molecule has 80 valence electrons. The third-order valence-corrected chi connectivity index (χ3v) is 3.22. The van der Waals surface area contributed by atoms with E-state index in [9.17, 15) is 0 Å². The third-order valence-electron chi connectivity index (χ3n) is 3.22. The zero-order valence-corrected chi connectivity index (χ0v) is 9.50. The van der Waals surface area contributed by atoms with Crippen molar-refractivity contribution in [3.05, 3.63) is 0 Å². The Morgan fingerprint density at radius 3 is 3.00 bits per heavy atom. The molecule has 0 amide bonds. The van der Waals surface area contributed by atoms with E-state index < -0.39 is 0 Å². The van der Waals surface area contributed by atoms with Crippen LogP contribution in [0.25, 0.3) is 0 Å². The molecule has 0 saturated carbocycles. The molecule has 2 unspecified atom stereocenters. The Kier molecular flexibility index (Phi) is 4.97. The molecule has 0 aromatic rings. The summed E-state index contributed by atoms with van der Waals surface area (Å²) >= 11 is 0. The van der Waals surface area contributed by atoms with Crippen LogP contribution in [0.5, 0.6) is 0 Å². The molecule has 1 heterocycles. The van der Waals surface area contributed by atoms with Crippen molar-refractivity contribution in [2.75, 3.05) is 13.1 Å². The number of likely N-dealkylation sites (tertiary alicyclic amines) is 1. The average molecular weight is 194 g/mol. The van der Waals surface area contributed by atoms with E-state index in [0.29, 0.717) is 12.5 Å². The van der Waals surface area contributed by atoms with Crippen LogP contribution < -0.4 is 0 Å². The molecule has 1 fully saturated rings. The van der Waals surface area contributed by atoms with Crippen molar-refractivity contribution in [2.45, 2.75) is 52.0 Å². The van der Waals surface area contributed by atoms with Crippen LogP contribution in [-0.4, -0.2) is 24.0 Å². The summed E-state index contributed by atoms with van der Waals surface area (Å²) in [7, 11) is 0. The number of nitrogens with zero attached hydrogens (tertiary/aromatic N) is 2. The number of hydrogen-bond donors (Lipinski definition) is 0. The van der Waals surface area contributed by atoms with E-state index in [0.717, 1.165) is 12.3 Å². The van der Waals surface area contributed by atoms with E-state index in [2.05, 4.69) is 24.8 Å². The molecule has 1 saturated heterocycles. The SMILES string of the molecule is CC1CCCN(C(C)CCCC#N)C1. The van der Waals surface area contributed by atoms with Crippen molar-refractivity contribution in [2.24, 2.45) is 5.92 Å². The van der Waals surface area contributed by atoms with Crippen molar-refractivity contribution in [1.29, 1.82) is 5.26 Å². The highest BCUT2D eigenvalue weighted by Gasteiger charge is 2.20. The van der Waals surface area contributed by atoms with Crippen LogP contribution in [0.15, 0.2) is 0 Å². The van der Waals surface area contributed by atoms with Gasteiger partial charge in [-0.05, 0) is 45.1 Å². The van der Waals surface area contributed by atoms with Gasteiger partial charge in [-0.2, -0.15) is 5.26 Å². The van der Waals surface area contributed by atoms with E-state index in [4.69, 9.17) is 5.26 Å². The van der Waals surface area contributed by atoms with Crippen molar-refractivity contribution in [3.63, 3.8) is 0 Å². The van der Waals surface area contributed by atoms with Gasteiger partial charge in [-0.1, -0.05) is 6.92 Å². The first kappa shape index (κ1) is 11.5. The number of rotatable bonds is 4. The second-order valence-electron chi connectivity index (χ2n) is 4.64. The molecular formula is C12H22N2. The number of unbranched alkanes of at least 4 members (excludes halogenated alkanes) is 1. The Morgan fingerprint density at radius 1 is 1.57 bits per heavy atom. The highest BCUT2D eigenvalue weighted by atomic mass is 15.2. The summed E-state index contributed by atoms with van der Waals surface area (Å²) in [6, 6.07) is 2.89. The zero-order valence-electron chi connectivity index (χ0n) is 9.50. The van der Waals surface area contributed by atoms with Crippen molar-refractivity contribution in [1.82, 2.24) is 4.90 Å². The lowest BCUT2D eigenvalue weighted by atomic mass is 9.98. The van der Waals surface area contributed by atoms with Gasteiger partial charge in [0.2, 0.25) is 0 Å². The first-order valence-electron chi connectivity index (χ1n) is 5.85. The highest BCUT2D eigenvalue weighted by Crippen LogP contribution is 2.19. The summed E-state index contributed by atoms with van der Waals surface area (Å²) in [6.45, 7) is 7.16. The molecule has 1 rings (SSSR count). The molecule has 1 aliphatic heterocycles. The first-order valence-corrected chi connectivity index (χ1v) is 5.85. The quantitative estimate of drug-likeness (QED) is 0.643. The molecule has 2 nitrogen and oxygen atoms in total. The molecule has 0 spiro atoms. The third kappa shape index (κ3) is 3.67.